The van der Waals surface area contributed by atoms with Crippen LogP contribution in [0, 0.1) is 0 Å². The SMILES string of the molecule is CCOc1cccc2sc(N(CCCN(C)C)C(=O)c3cc4ccccc4oc3=O)nc12.Cl. The van der Waals surface area contributed by atoms with Gasteiger partial charge in [-0.2, -0.15) is 0 Å². The van der Waals surface area contributed by atoms with Crippen LogP contribution in [-0.2, 0) is 0 Å². The summed E-state index contributed by atoms with van der Waals surface area (Å²) in [4.78, 5) is 34.6. The summed E-state index contributed by atoms with van der Waals surface area (Å²) in [7, 11) is 3.96. The van der Waals surface area contributed by atoms with Crippen LogP contribution in [0.25, 0.3) is 21.2 Å². The summed E-state index contributed by atoms with van der Waals surface area (Å²) >= 11 is 1.40. The van der Waals surface area contributed by atoms with Crippen LogP contribution in [0.5, 0.6) is 5.75 Å². The summed E-state index contributed by atoms with van der Waals surface area (Å²) < 4.78 is 12.0. The molecule has 0 saturated heterocycles. The first kappa shape index (κ1) is 24.7. The highest BCUT2D eigenvalue weighted by atomic mass is 35.5. The maximum atomic E-state index is 13.6. The van der Waals surface area contributed by atoms with Crippen molar-refractivity contribution in [1.29, 1.82) is 0 Å². The van der Waals surface area contributed by atoms with Crippen molar-refractivity contribution in [3.63, 3.8) is 0 Å². The summed E-state index contributed by atoms with van der Waals surface area (Å²) in [6.07, 6.45) is 0.728. The quantitative estimate of drug-likeness (QED) is 0.331. The van der Waals surface area contributed by atoms with E-state index in [1.165, 1.54) is 11.3 Å². The van der Waals surface area contributed by atoms with Gasteiger partial charge in [0.25, 0.3) is 5.91 Å². The number of nitrogens with zero attached hydrogens (tertiary/aromatic N) is 3. The molecule has 0 aliphatic carbocycles. The summed E-state index contributed by atoms with van der Waals surface area (Å²) in [6, 6.07) is 14.5. The maximum Gasteiger partial charge on any atom is 0.349 e. The van der Waals surface area contributed by atoms with Crippen LogP contribution in [0.1, 0.15) is 23.7 Å². The van der Waals surface area contributed by atoms with E-state index in [-0.39, 0.29) is 18.0 Å². The molecule has 7 nitrogen and oxygen atoms in total. The Labute approximate surface area is 202 Å². The summed E-state index contributed by atoms with van der Waals surface area (Å²) in [6.45, 7) is 3.66. The summed E-state index contributed by atoms with van der Waals surface area (Å²) in [5, 5.41) is 1.23. The molecule has 0 unspecified atom stereocenters. The number of amides is 1. The molecule has 9 heteroatoms. The van der Waals surface area contributed by atoms with Crippen LogP contribution in [0.15, 0.2) is 57.7 Å². The molecule has 0 atom stereocenters. The van der Waals surface area contributed by atoms with E-state index in [0.29, 0.717) is 40.5 Å². The normalized spacial score (nSPS) is 11.0. The molecule has 4 rings (SSSR count). The van der Waals surface area contributed by atoms with Crippen LogP contribution >= 0.6 is 23.7 Å². The average molecular weight is 488 g/mol. The Bertz CT molecular complexity index is 1320. The van der Waals surface area contributed by atoms with Crippen molar-refractivity contribution >= 4 is 56.0 Å². The van der Waals surface area contributed by atoms with Crippen molar-refractivity contribution in [2.45, 2.75) is 13.3 Å². The third-order valence-corrected chi connectivity index (χ3v) is 6.05. The largest absolute Gasteiger partial charge is 0.492 e. The molecule has 4 aromatic rings. The number of rotatable bonds is 8. The predicted octanol–water partition coefficient (Wildman–Crippen LogP) is 4.82. The lowest BCUT2D eigenvalue weighted by molar-refractivity contribution is 0.0982. The van der Waals surface area contributed by atoms with Crippen molar-refractivity contribution in [2.75, 3.05) is 38.7 Å². The van der Waals surface area contributed by atoms with E-state index in [0.717, 1.165) is 17.7 Å². The van der Waals surface area contributed by atoms with Crippen molar-refractivity contribution in [2.24, 2.45) is 0 Å². The second kappa shape index (κ2) is 10.8. The molecule has 0 fully saturated rings. The third-order valence-electron chi connectivity index (χ3n) is 5.01. The molecular weight excluding hydrogens is 462 g/mol. The molecule has 0 saturated carbocycles. The molecule has 0 radical (unpaired) electrons. The second-order valence-corrected chi connectivity index (χ2v) is 8.64. The number of benzene rings is 2. The van der Waals surface area contributed by atoms with Gasteiger partial charge in [-0.15, -0.1) is 12.4 Å². The Morgan fingerprint density at radius 2 is 1.91 bits per heavy atom. The van der Waals surface area contributed by atoms with Crippen molar-refractivity contribution in [1.82, 2.24) is 9.88 Å². The fourth-order valence-electron chi connectivity index (χ4n) is 3.48. The van der Waals surface area contributed by atoms with Gasteiger partial charge < -0.3 is 14.1 Å². The molecule has 2 aromatic carbocycles. The minimum absolute atomic E-state index is 0. The van der Waals surface area contributed by atoms with Gasteiger partial charge in [-0.1, -0.05) is 35.6 Å². The number of ether oxygens (including phenoxy) is 1. The topological polar surface area (TPSA) is 75.9 Å². The fraction of sp³-hybridized carbons (Fsp3) is 0.292. The van der Waals surface area contributed by atoms with E-state index >= 15 is 0 Å². The Kier molecular flexibility index (Phi) is 8.07. The zero-order valence-electron chi connectivity index (χ0n) is 18.7. The zero-order chi connectivity index (χ0) is 22.7. The number of halogens is 1. The van der Waals surface area contributed by atoms with Crippen LogP contribution in [-0.4, -0.2) is 49.6 Å². The first-order valence-electron chi connectivity index (χ1n) is 10.5. The number of fused-ring (bicyclic) bond motifs is 2. The maximum absolute atomic E-state index is 13.6. The Morgan fingerprint density at radius 1 is 1.12 bits per heavy atom. The summed E-state index contributed by atoms with van der Waals surface area (Å²) in [5.41, 5.74) is 0.514. The number of aromatic nitrogens is 1. The van der Waals surface area contributed by atoms with Gasteiger partial charge >= 0.3 is 5.63 Å². The van der Waals surface area contributed by atoms with Crippen LogP contribution in [0.3, 0.4) is 0 Å². The number of thiazole rings is 1. The van der Waals surface area contributed by atoms with Gasteiger partial charge in [0.15, 0.2) is 5.13 Å². The van der Waals surface area contributed by atoms with Crippen LogP contribution < -0.4 is 15.3 Å². The minimum Gasteiger partial charge on any atom is -0.492 e. The molecule has 2 aromatic heterocycles. The molecule has 174 valence electrons. The lowest BCUT2D eigenvalue weighted by Crippen LogP contribution is -2.36. The fourth-order valence-corrected chi connectivity index (χ4v) is 4.49. The molecule has 33 heavy (non-hydrogen) atoms. The Balaban J connectivity index is 0.00000306. The molecule has 0 aliphatic rings. The molecule has 0 spiro atoms. The highest BCUT2D eigenvalue weighted by Crippen LogP contribution is 2.35. The van der Waals surface area contributed by atoms with Gasteiger partial charge in [0.1, 0.15) is 22.4 Å². The highest BCUT2D eigenvalue weighted by Gasteiger charge is 2.25. The predicted molar refractivity (Wildman–Crippen MR) is 135 cm³/mol. The van der Waals surface area contributed by atoms with Gasteiger partial charge in [-0.05, 0) is 58.3 Å². The van der Waals surface area contributed by atoms with Gasteiger partial charge in [0, 0.05) is 11.9 Å². The van der Waals surface area contributed by atoms with Crippen molar-refractivity contribution in [3.8, 4) is 5.75 Å². The number of hydrogen-bond donors (Lipinski definition) is 0. The minimum atomic E-state index is -0.651. The Morgan fingerprint density at radius 3 is 2.67 bits per heavy atom. The van der Waals surface area contributed by atoms with E-state index in [1.54, 1.807) is 23.1 Å². The zero-order valence-corrected chi connectivity index (χ0v) is 20.4. The average Bonchev–Trinajstić information content (AvgIpc) is 3.21. The number of hydrogen-bond acceptors (Lipinski definition) is 7. The molecule has 1 amide bonds. The molecular formula is C24H26ClN3O4S. The monoisotopic (exact) mass is 487 g/mol. The number of carbonyl (C=O) groups excluding carboxylic acids is 1. The number of para-hydroxylation sites is 2. The van der Waals surface area contributed by atoms with Crippen molar-refractivity contribution < 1.29 is 13.9 Å². The molecule has 0 aliphatic heterocycles. The molecule has 2 heterocycles. The van der Waals surface area contributed by atoms with Gasteiger partial charge in [-0.3, -0.25) is 9.69 Å². The highest BCUT2D eigenvalue weighted by molar-refractivity contribution is 7.22. The second-order valence-electron chi connectivity index (χ2n) is 7.63. The van der Waals surface area contributed by atoms with E-state index in [4.69, 9.17) is 14.1 Å². The number of carbonyl (C=O) groups is 1. The third kappa shape index (κ3) is 5.35. The lowest BCUT2D eigenvalue weighted by atomic mass is 10.1. The smallest absolute Gasteiger partial charge is 0.349 e. The van der Waals surface area contributed by atoms with E-state index in [9.17, 15) is 9.59 Å². The summed E-state index contributed by atoms with van der Waals surface area (Å²) in [5.74, 6) is 0.263. The standard InChI is InChI=1S/C24H25N3O4S.ClH/c1-4-30-19-11-7-12-20-21(19)25-24(32-20)27(14-8-13-26(2)3)22(28)17-15-16-9-5-6-10-18(16)31-23(17)29;/h5-7,9-12,15H,4,8,13-14H2,1-3H3;1H. The van der Waals surface area contributed by atoms with Gasteiger partial charge in [-0.25, -0.2) is 9.78 Å². The van der Waals surface area contributed by atoms with Crippen LogP contribution in [0.4, 0.5) is 5.13 Å². The molecule has 0 bridgehead atoms. The first-order valence-corrected chi connectivity index (χ1v) is 11.3. The van der Waals surface area contributed by atoms with Gasteiger partial charge in [0.05, 0.1) is 11.3 Å². The number of anilines is 1. The Hall–Kier alpha value is -2.94. The van der Waals surface area contributed by atoms with E-state index < -0.39 is 11.5 Å². The van der Waals surface area contributed by atoms with E-state index in [1.807, 2.05) is 51.4 Å². The lowest BCUT2D eigenvalue weighted by Gasteiger charge is -2.20. The van der Waals surface area contributed by atoms with Crippen molar-refractivity contribution in [3.05, 3.63) is 64.5 Å². The van der Waals surface area contributed by atoms with E-state index in [2.05, 4.69) is 4.90 Å². The van der Waals surface area contributed by atoms with Crippen LogP contribution in [0.2, 0.25) is 0 Å². The van der Waals surface area contributed by atoms with Gasteiger partial charge in [0.2, 0.25) is 0 Å². The first-order chi connectivity index (χ1) is 15.5. The molecule has 0 N–H and O–H groups in total.